The summed E-state index contributed by atoms with van der Waals surface area (Å²) in [5.41, 5.74) is 8.97. The average Bonchev–Trinajstić information content (AvgIpc) is 1.82. The van der Waals surface area contributed by atoms with Crippen molar-refractivity contribution in [2.75, 3.05) is 6.54 Å². The largest absolute Gasteiger partial charge is 0.333 e. The summed E-state index contributed by atoms with van der Waals surface area (Å²) in [4.78, 5) is 4.82. The number of hydrogen-bond donors (Lipinski definition) is 1. The van der Waals surface area contributed by atoms with Crippen molar-refractivity contribution in [1.82, 2.24) is 5.48 Å². The van der Waals surface area contributed by atoms with Crippen LogP contribution in [0.15, 0.2) is 0 Å². The highest BCUT2D eigenvalue weighted by molar-refractivity contribution is 4.34. The smallest absolute Gasteiger partial charge is 0.178 e. The third kappa shape index (κ3) is 5.97. The van der Waals surface area contributed by atoms with Gasteiger partial charge in [-0.3, -0.25) is 4.84 Å². The Morgan fingerprint density at radius 2 is 2.10 bits per heavy atom. The Bertz CT molecular complexity index is 78.1. The maximum Gasteiger partial charge on any atom is 0.178 e. The van der Waals surface area contributed by atoms with Crippen molar-refractivity contribution in [2.45, 2.75) is 33.3 Å². The van der Waals surface area contributed by atoms with Gasteiger partial charge in [0, 0.05) is 6.54 Å². The van der Waals surface area contributed by atoms with E-state index in [0.717, 1.165) is 0 Å². The second-order valence-electron chi connectivity index (χ2n) is 1.96. The van der Waals surface area contributed by atoms with Crippen LogP contribution in [0.5, 0.6) is 0 Å². The maximum atomic E-state index is 5.32. The van der Waals surface area contributed by atoms with Gasteiger partial charge in [0.2, 0.25) is 0 Å². The first kappa shape index (κ1) is 9.84. The first-order chi connectivity index (χ1) is 4.66. The number of ether oxygens (including phenoxy) is 1. The van der Waals surface area contributed by atoms with E-state index in [4.69, 9.17) is 15.3 Å². The van der Waals surface area contributed by atoms with Gasteiger partial charge in [0.05, 0.1) is 0 Å². The molecule has 0 rings (SSSR count). The van der Waals surface area contributed by atoms with Gasteiger partial charge in [0.25, 0.3) is 0 Å². The lowest BCUT2D eigenvalue weighted by atomic mass is 10.6. The Balaban J connectivity index is 3.16. The van der Waals surface area contributed by atoms with E-state index in [-0.39, 0.29) is 12.5 Å². The molecule has 0 aromatic carbocycles. The fourth-order valence-electron chi connectivity index (χ4n) is 0.507. The summed E-state index contributed by atoms with van der Waals surface area (Å²) in [6.07, 6.45) is -0.651. The second kappa shape index (κ2) is 5.61. The first-order valence-electron chi connectivity index (χ1n) is 3.40. The van der Waals surface area contributed by atoms with Crippen LogP contribution in [0.25, 0.3) is 0 Å². The van der Waals surface area contributed by atoms with Gasteiger partial charge in [0.1, 0.15) is 6.23 Å². The quantitative estimate of drug-likeness (QED) is 0.446. The topological polar surface area (TPSA) is 58.6 Å². The Kier molecular flexibility index (Phi) is 5.52. The molecule has 0 aliphatic carbocycles. The highest BCUT2D eigenvalue weighted by Gasteiger charge is 2.03. The monoisotopic (exact) mass is 147 g/mol. The van der Waals surface area contributed by atoms with E-state index < -0.39 is 0 Å². The molecule has 0 aliphatic rings. The molecule has 2 N–H and O–H groups in total. The molecule has 61 valence electrons. The van der Waals surface area contributed by atoms with E-state index in [0.29, 0.717) is 6.54 Å². The van der Waals surface area contributed by atoms with Gasteiger partial charge < -0.3 is 10.5 Å². The molecule has 1 radical (unpaired) electrons. The normalized spacial score (nSPS) is 16.8. The van der Waals surface area contributed by atoms with Crippen LogP contribution in [0.2, 0.25) is 0 Å². The van der Waals surface area contributed by atoms with Crippen LogP contribution in [-0.2, 0) is 9.57 Å². The third-order valence-electron chi connectivity index (χ3n) is 0.758. The molecule has 0 aliphatic heterocycles. The van der Waals surface area contributed by atoms with E-state index in [2.05, 4.69) is 5.48 Å². The Morgan fingerprint density at radius 3 is 2.50 bits per heavy atom. The van der Waals surface area contributed by atoms with Crippen LogP contribution in [0.4, 0.5) is 0 Å². The number of rotatable bonds is 5. The molecular weight excluding hydrogens is 132 g/mol. The van der Waals surface area contributed by atoms with Crippen LogP contribution in [0.3, 0.4) is 0 Å². The van der Waals surface area contributed by atoms with Crippen molar-refractivity contribution in [1.29, 1.82) is 0 Å². The molecule has 0 heterocycles. The lowest BCUT2D eigenvalue weighted by Crippen LogP contribution is -2.28. The summed E-state index contributed by atoms with van der Waals surface area (Å²) in [5, 5.41) is 0. The molecule has 0 amide bonds. The fraction of sp³-hybridized carbons (Fsp3) is 1.00. The molecule has 0 saturated carbocycles. The van der Waals surface area contributed by atoms with Gasteiger partial charge in [-0.05, 0) is 20.8 Å². The Labute approximate surface area is 61.6 Å². The molecule has 2 atom stereocenters. The van der Waals surface area contributed by atoms with Crippen molar-refractivity contribution in [3.05, 3.63) is 0 Å². The van der Waals surface area contributed by atoms with Gasteiger partial charge in [-0.2, -0.15) is 0 Å². The summed E-state index contributed by atoms with van der Waals surface area (Å²) in [5.74, 6) is 0. The first-order valence-corrected chi connectivity index (χ1v) is 3.40. The number of hydrogen-bond acceptors (Lipinski definition) is 3. The molecule has 4 heteroatoms. The Morgan fingerprint density at radius 1 is 1.50 bits per heavy atom. The lowest BCUT2D eigenvalue weighted by molar-refractivity contribution is -0.190. The van der Waals surface area contributed by atoms with Crippen LogP contribution in [0, 0.1) is 0 Å². The summed E-state index contributed by atoms with van der Waals surface area (Å²) >= 11 is 0. The van der Waals surface area contributed by atoms with Crippen molar-refractivity contribution in [3.8, 4) is 0 Å². The summed E-state index contributed by atoms with van der Waals surface area (Å²) in [6, 6.07) is 0. The van der Waals surface area contributed by atoms with Crippen molar-refractivity contribution >= 4 is 0 Å². The van der Waals surface area contributed by atoms with E-state index in [1.165, 1.54) is 0 Å². The highest BCUT2D eigenvalue weighted by Crippen LogP contribution is 1.92. The fourth-order valence-corrected chi connectivity index (χ4v) is 0.507. The van der Waals surface area contributed by atoms with Gasteiger partial charge in [-0.1, -0.05) is 5.48 Å². The van der Waals surface area contributed by atoms with E-state index in [9.17, 15) is 0 Å². The third-order valence-corrected chi connectivity index (χ3v) is 0.758. The van der Waals surface area contributed by atoms with Crippen molar-refractivity contribution in [2.24, 2.45) is 5.73 Å². The molecule has 0 saturated heterocycles. The molecular formula is C6H15N2O2. The molecule has 0 aromatic rings. The minimum atomic E-state index is -0.347. The van der Waals surface area contributed by atoms with E-state index in [1.54, 1.807) is 13.8 Å². The zero-order valence-electron chi connectivity index (χ0n) is 6.70. The van der Waals surface area contributed by atoms with Crippen LogP contribution >= 0.6 is 0 Å². The Hall–Kier alpha value is -0.160. The van der Waals surface area contributed by atoms with E-state index in [1.807, 2.05) is 6.92 Å². The molecule has 10 heavy (non-hydrogen) atoms. The number of nitrogens with two attached hydrogens (primary N) is 1. The molecule has 0 fully saturated rings. The molecule has 2 unspecified atom stereocenters. The minimum Gasteiger partial charge on any atom is -0.333 e. The van der Waals surface area contributed by atoms with E-state index >= 15 is 0 Å². The van der Waals surface area contributed by atoms with Gasteiger partial charge in [0.15, 0.2) is 6.29 Å². The van der Waals surface area contributed by atoms with Crippen molar-refractivity contribution < 1.29 is 9.57 Å². The standard InChI is InChI=1S/C6H15N2O2/c1-4-8-10-6(3)9-5(2)7/h5-6H,4,7H2,1-3H3. The van der Waals surface area contributed by atoms with Crippen LogP contribution < -0.4 is 11.2 Å². The maximum absolute atomic E-state index is 5.32. The highest BCUT2D eigenvalue weighted by atomic mass is 16.8. The molecule has 4 nitrogen and oxygen atoms in total. The predicted molar refractivity (Wildman–Crippen MR) is 38.0 cm³/mol. The number of hydroxylamine groups is 1. The molecule has 0 spiro atoms. The summed E-state index contributed by atoms with van der Waals surface area (Å²) in [7, 11) is 0. The van der Waals surface area contributed by atoms with Gasteiger partial charge in [-0.15, -0.1) is 0 Å². The molecule has 0 aromatic heterocycles. The lowest BCUT2D eigenvalue weighted by Gasteiger charge is -2.14. The van der Waals surface area contributed by atoms with Gasteiger partial charge in [-0.25, -0.2) is 0 Å². The summed E-state index contributed by atoms with van der Waals surface area (Å²) in [6.45, 7) is 6.01. The number of nitrogens with zero attached hydrogens (tertiary/aromatic N) is 1. The minimum absolute atomic E-state index is 0.304. The zero-order valence-corrected chi connectivity index (χ0v) is 6.70. The van der Waals surface area contributed by atoms with Crippen LogP contribution in [0.1, 0.15) is 20.8 Å². The van der Waals surface area contributed by atoms with Crippen LogP contribution in [-0.4, -0.2) is 19.1 Å². The van der Waals surface area contributed by atoms with Gasteiger partial charge >= 0.3 is 0 Å². The summed E-state index contributed by atoms with van der Waals surface area (Å²) < 4.78 is 5.01. The average molecular weight is 147 g/mol. The predicted octanol–water partition coefficient (Wildman–Crippen LogP) is 0.210. The molecule has 0 bridgehead atoms. The zero-order chi connectivity index (χ0) is 7.98. The SMILES string of the molecule is CC[N]OC(C)OC(C)N. The van der Waals surface area contributed by atoms with Crippen molar-refractivity contribution in [3.63, 3.8) is 0 Å². The second-order valence-corrected chi connectivity index (χ2v) is 1.96.